The van der Waals surface area contributed by atoms with E-state index in [1.54, 1.807) is 12.1 Å². The fourth-order valence-electron chi connectivity index (χ4n) is 1.54. The van der Waals surface area contributed by atoms with E-state index in [0.29, 0.717) is 5.75 Å². The number of hydrogen-bond donors (Lipinski definition) is 1. The summed E-state index contributed by atoms with van der Waals surface area (Å²) >= 11 is 0. The summed E-state index contributed by atoms with van der Waals surface area (Å²) in [5.41, 5.74) is 0.856. The lowest BCUT2D eigenvalue weighted by Crippen LogP contribution is -2.13. The monoisotopic (exact) mass is 264 g/mol. The van der Waals surface area contributed by atoms with Gasteiger partial charge in [0.25, 0.3) is 0 Å². The van der Waals surface area contributed by atoms with Crippen LogP contribution in [0.15, 0.2) is 36.5 Å². The zero-order chi connectivity index (χ0) is 13.8. The van der Waals surface area contributed by atoms with Gasteiger partial charge in [-0.15, -0.1) is 0 Å². The topological polar surface area (TPSA) is 34.1 Å². The Labute approximate surface area is 110 Å². The third-order valence-corrected chi connectivity index (χ3v) is 2.76. The van der Waals surface area contributed by atoms with Crippen LogP contribution in [0.1, 0.15) is 18.7 Å². The molecule has 1 N–H and O–H groups in total. The molecule has 0 saturated heterocycles. The molecule has 2 rings (SSSR count). The van der Waals surface area contributed by atoms with Crippen LogP contribution in [0.4, 0.5) is 8.78 Å². The SMILES string of the molecule is CNC(C)c1ccc(Oc2ccc(F)cc2F)cn1. The van der Waals surface area contributed by atoms with E-state index in [0.717, 1.165) is 17.8 Å². The van der Waals surface area contributed by atoms with Gasteiger partial charge in [0.1, 0.15) is 11.6 Å². The predicted molar refractivity (Wildman–Crippen MR) is 68.1 cm³/mol. The van der Waals surface area contributed by atoms with Crippen LogP contribution in [0, 0.1) is 11.6 Å². The van der Waals surface area contributed by atoms with Crippen LogP contribution in [0.25, 0.3) is 0 Å². The van der Waals surface area contributed by atoms with Gasteiger partial charge < -0.3 is 10.1 Å². The van der Waals surface area contributed by atoms with E-state index >= 15 is 0 Å². The summed E-state index contributed by atoms with van der Waals surface area (Å²) in [5.74, 6) is -1.01. The van der Waals surface area contributed by atoms with Crippen LogP contribution in [0.3, 0.4) is 0 Å². The maximum absolute atomic E-state index is 13.4. The Balaban J connectivity index is 2.15. The van der Waals surface area contributed by atoms with Crippen molar-refractivity contribution >= 4 is 0 Å². The van der Waals surface area contributed by atoms with Gasteiger partial charge in [0.15, 0.2) is 11.6 Å². The number of benzene rings is 1. The quantitative estimate of drug-likeness (QED) is 0.918. The zero-order valence-electron chi connectivity index (χ0n) is 10.7. The van der Waals surface area contributed by atoms with Crippen molar-refractivity contribution in [3.05, 3.63) is 53.9 Å². The first kappa shape index (κ1) is 13.4. The van der Waals surface area contributed by atoms with Gasteiger partial charge in [-0.1, -0.05) is 0 Å². The molecule has 0 aliphatic heterocycles. The van der Waals surface area contributed by atoms with E-state index in [1.165, 1.54) is 12.3 Å². The van der Waals surface area contributed by atoms with Gasteiger partial charge in [-0.3, -0.25) is 4.98 Å². The molecular weight excluding hydrogens is 250 g/mol. The summed E-state index contributed by atoms with van der Waals surface area (Å²) < 4.78 is 31.5. The van der Waals surface area contributed by atoms with Gasteiger partial charge in [-0.25, -0.2) is 8.78 Å². The average molecular weight is 264 g/mol. The summed E-state index contributed by atoms with van der Waals surface area (Å²) in [7, 11) is 1.84. The largest absolute Gasteiger partial charge is 0.453 e. The normalized spacial score (nSPS) is 12.2. The number of nitrogens with zero attached hydrogens (tertiary/aromatic N) is 1. The number of aromatic nitrogens is 1. The summed E-state index contributed by atoms with van der Waals surface area (Å²) in [6.07, 6.45) is 1.51. The molecule has 0 amide bonds. The lowest BCUT2D eigenvalue weighted by Gasteiger charge is -2.10. The van der Waals surface area contributed by atoms with Crippen LogP contribution in [0.2, 0.25) is 0 Å². The number of rotatable bonds is 4. The third-order valence-electron chi connectivity index (χ3n) is 2.76. The molecule has 19 heavy (non-hydrogen) atoms. The summed E-state index contributed by atoms with van der Waals surface area (Å²) in [5, 5.41) is 3.06. The molecule has 3 nitrogen and oxygen atoms in total. The molecule has 2 aromatic rings. The molecule has 1 aromatic heterocycles. The van der Waals surface area contributed by atoms with Gasteiger partial charge in [-0.2, -0.15) is 0 Å². The second-order valence-corrected chi connectivity index (χ2v) is 4.11. The zero-order valence-corrected chi connectivity index (χ0v) is 10.7. The van der Waals surface area contributed by atoms with Crippen LogP contribution < -0.4 is 10.1 Å². The Kier molecular flexibility index (Phi) is 4.06. The predicted octanol–water partition coefficient (Wildman–Crippen LogP) is 3.43. The Morgan fingerprint density at radius 1 is 1.21 bits per heavy atom. The van der Waals surface area contributed by atoms with Gasteiger partial charge in [0.05, 0.1) is 11.9 Å². The van der Waals surface area contributed by atoms with Crippen molar-refractivity contribution in [2.45, 2.75) is 13.0 Å². The number of hydrogen-bond acceptors (Lipinski definition) is 3. The van der Waals surface area contributed by atoms with Crippen LogP contribution >= 0.6 is 0 Å². The van der Waals surface area contributed by atoms with Crippen molar-refractivity contribution in [1.82, 2.24) is 10.3 Å². The Morgan fingerprint density at radius 3 is 2.58 bits per heavy atom. The lowest BCUT2D eigenvalue weighted by atomic mass is 10.2. The Bertz CT molecular complexity index is 558. The molecule has 1 heterocycles. The Hall–Kier alpha value is -2.01. The molecule has 0 saturated carbocycles. The highest BCUT2D eigenvalue weighted by Gasteiger charge is 2.08. The first-order valence-corrected chi connectivity index (χ1v) is 5.86. The smallest absolute Gasteiger partial charge is 0.168 e. The van der Waals surface area contributed by atoms with Crippen molar-refractivity contribution in [2.75, 3.05) is 7.05 Å². The maximum atomic E-state index is 13.4. The van der Waals surface area contributed by atoms with E-state index in [4.69, 9.17) is 4.74 Å². The molecule has 100 valence electrons. The number of ether oxygens (including phenoxy) is 1. The van der Waals surface area contributed by atoms with E-state index in [2.05, 4.69) is 10.3 Å². The number of halogens is 2. The molecule has 1 unspecified atom stereocenters. The minimum Gasteiger partial charge on any atom is -0.453 e. The summed E-state index contributed by atoms with van der Waals surface area (Å²) in [4.78, 5) is 4.21. The number of pyridine rings is 1. The van der Waals surface area contributed by atoms with Crippen molar-refractivity contribution in [1.29, 1.82) is 0 Å². The lowest BCUT2D eigenvalue weighted by molar-refractivity contribution is 0.435. The van der Waals surface area contributed by atoms with Crippen LogP contribution in [-0.2, 0) is 0 Å². The van der Waals surface area contributed by atoms with Crippen LogP contribution in [0.5, 0.6) is 11.5 Å². The van der Waals surface area contributed by atoms with Crippen molar-refractivity contribution in [3.8, 4) is 11.5 Å². The summed E-state index contributed by atoms with van der Waals surface area (Å²) in [6.45, 7) is 1.97. The highest BCUT2D eigenvalue weighted by atomic mass is 19.1. The highest BCUT2D eigenvalue weighted by Crippen LogP contribution is 2.25. The molecule has 0 aliphatic carbocycles. The standard InChI is InChI=1S/C14H14F2N2O/c1-9(17-2)13-5-4-11(8-18-13)19-14-6-3-10(15)7-12(14)16/h3-9,17H,1-2H3. The van der Waals surface area contributed by atoms with Crippen molar-refractivity contribution in [2.24, 2.45) is 0 Å². The first-order chi connectivity index (χ1) is 9.10. The molecule has 0 bridgehead atoms. The second-order valence-electron chi connectivity index (χ2n) is 4.11. The van der Waals surface area contributed by atoms with Gasteiger partial charge in [-0.05, 0) is 38.2 Å². The van der Waals surface area contributed by atoms with Gasteiger partial charge in [0.2, 0.25) is 0 Å². The Morgan fingerprint density at radius 2 is 2.00 bits per heavy atom. The van der Waals surface area contributed by atoms with Crippen molar-refractivity contribution in [3.63, 3.8) is 0 Å². The number of nitrogens with one attached hydrogen (secondary N) is 1. The maximum Gasteiger partial charge on any atom is 0.168 e. The molecule has 5 heteroatoms. The molecule has 0 radical (unpaired) electrons. The molecule has 1 atom stereocenters. The van der Waals surface area contributed by atoms with E-state index in [9.17, 15) is 8.78 Å². The molecular formula is C14H14F2N2O. The van der Waals surface area contributed by atoms with Gasteiger partial charge in [0, 0.05) is 12.1 Å². The molecule has 0 spiro atoms. The second kappa shape index (κ2) is 5.75. The van der Waals surface area contributed by atoms with Gasteiger partial charge >= 0.3 is 0 Å². The minimum atomic E-state index is -0.743. The average Bonchev–Trinajstić information content (AvgIpc) is 2.42. The molecule has 0 fully saturated rings. The van der Waals surface area contributed by atoms with Crippen LogP contribution in [-0.4, -0.2) is 12.0 Å². The van der Waals surface area contributed by atoms with E-state index in [1.807, 2.05) is 14.0 Å². The molecule has 1 aromatic carbocycles. The van der Waals surface area contributed by atoms with E-state index in [-0.39, 0.29) is 11.8 Å². The summed E-state index contributed by atoms with van der Waals surface area (Å²) in [6, 6.07) is 6.77. The first-order valence-electron chi connectivity index (χ1n) is 5.86. The van der Waals surface area contributed by atoms with Crippen molar-refractivity contribution < 1.29 is 13.5 Å². The molecule has 0 aliphatic rings. The fraction of sp³-hybridized carbons (Fsp3) is 0.214. The van der Waals surface area contributed by atoms with E-state index < -0.39 is 11.6 Å². The fourth-order valence-corrected chi connectivity index (χ4v) is 1.54. The third kappa shape index (κ3) is 3.26. The minimum absolute atomic E-state index is 0.0300. The highest BCUT2D eigenvalue weighted by molar-refractivity contribution is 5.31.